The molecular weight excluding hydrogens is 218 g/mol. The minimum atomic E-state index is 0.0518. The minimum Gasteiger partial charge on any atom is -0.468 e. The van der Waals surface area contributed by atoms with Crippen LogP contribution < -0.4 is 5.73 Å². The number of aryl methyl sites for hydroxylation is 1. The Balaban J connectivity index is 2.31. The molecule has 0 aliphatic heterocycles. The van der Waals surface area contributed by atoms with Crippen LogP contribution in [0.3, 0.4) is 0 Å². The number of benzene rings is 1. The summed E-state index contributed by atoms with van der Waals surface area (Å²) in [5.74, 6) is 0.949. The number of furan rings is 1. The predicted octanol–water partition coefficient (Wildman–Crippen LogP) is 3.76. The smallest absolute Gasteiger partial charge is 0.114 e. The normalized spacial score (nSPS) is 12.7. The van der Waals surface area contributed by atoms with E-state index in [1.54, 1.807) is 18.0 Å². The van der Waals surface area contributed by atoms with E-state index in [0.29, 0.717) is 0 Å². The van der Waals surface area contributed by atoms with Gasteiger partial charge in [-0.05, 0) is 31.5 Å². The molecular formula is C13H15NOS. The van der Waals surface area contributed by atoms with Crippen LogP contribution in [-0.4, -0.2) is 0 Å². The van der Waals surface area contributed by atoms with Crippen molar-refractivity contribution in [2.75, 3.05) is 0 Å². The molecule has 0 amide bonds. The predicted molar refractivity (Wildman–Crippen MR) is 66.6 cm³/mol. The summed E-state index contributed by atoms with van der Waals surface area (Å²) in [6, 6.07) is 10.3. The Hall–Kier alpha value is -1.19. The fourth-order valence-corrected chi connectivity index (χ4v) is 2.62. The summed E-state index contributed by atoms with van der Waals surface area (Å²) in [6.45, 7) is 3.97. The molecule has 0 saturated heterocycles. The maximum absolute atomic E-state index is 5.94. The molecule has 2 N–H and O–H groups in total. The largest absolute Gasteiger partial charge is 0.468 e. The Kier molecular flexibility index (Phi) is 3.36. The minimum absolute atomic E-state index is 0.0518. The highest BCUT2D eigenvalue weighted by molar-refractivity contribution is 7.99. The summed E-state index contributed by atoms with van der Waals surface area (Å²) < 4.78 is 5.28. The van der Waals surface area contributed by atoms with Gasteiger partial charge in [0.05, 0.1) is 11.2 Å². The van der Waals surface area contributed by atoms with E-state index in [0.717, 1.165) is 10.7 Å². The van der Waals surface area contributed by atoms with E-state index >= 15 is 0 Å². The first-order valence-corrected chi connectivity index (χ1v) is 6.06. The van der Waals surface area contributed by atoms with Crippen molar-refractivity contribution in [2.24, 2.45) is 5.73 Å². The number of hydrogen-bond acceptors (Lipinski definition) is 3. The van der Waals surface area contributed by atoms with E-state index in [1.165, 1.54) is 10.5 Å². The van der Waals surface area contributed by atoms with Crippen molar-refractivity contribution in [3.05, 3.63) is 47.9 Å². The fraction of sp³-hybridized carbons (Fsp3) is 0.231. The highest BCUT2D eigenvalue weighted by Crippen LogP contribution is 2.34. The van der Waals surface area contributed by atoms with Crippen LogP contribution in [0.5, 0.6) is 0 Å². The Labute approximate surface area is 99.8 Å². The zero-order valence-corrected chi connectivity index (χ0v) is 10.3. The highest BCUT2D eigenvalue weighted by Gasteiger charge is 2.09. The van der Waals surface area contributed by atoms with Gasteiger partial charge >= 0.3 is 0 Å². The van der Waals surface area contributed by atoms with Crippen LogP contribution in [0.4, 0.5) is 0 Å². The molecule has 0 aliphatic carbocycles. The average Bonchev–Trinajstić information content (AvgIpc) is 2.65. The van der Waals surface area contributed by atoms with Gasteiger partial charge in [0.15, 0.2) is 0 Å². The van der Waals surface area contributed by atoms with E-state index in [-0.39, 0.29) is 6.04 Å². The van der Waals surface area contributed by atoms with Gasteiger partial charge in [0.2, 0.25) is 0 Å². The van der Waals surface area contributed by atoms with Gasteiger partial charge in [-0.2, -0.15) is 0 Å². The fourth-order valence-electron chi connectivity index (χ4n) is 1.55. The first kappa shape index (κ1) is 11.3. The third kappa shape index (κ3) is 2.31. The molecule has 84 valence electrons. The van der Waals surface area contributed by atoms with Gasteiger partial charge in [-0.25, -0.2) is 0 Å². The molecule has 0 fully saturated rings. The average molecular weight is 233 g/mol. The first-order chi connectivity index (χ1) is 7.68. The van der Waals surface area contributed by atoms with Crippen LogP contribution >= 0.6 is 11.8 Å². The third-order valence-corrected chi connectivity index (χ3v) is 3.68. The Morgan fingerprint density at radius 1 is 1.19 bits per heavy atom. The van der Waals surface area contributed by atoms with E-state index in [4.69, 9.17) is 10.2 Å². The van der Waals surface area contributed by atoms with Crippen LogP contribution in [-0.2, 0) is 0 Å². The van der Waals surface area contributed by atoms with Crippen molar-refractivity contribution in [3.8, 4) is 0 Å². The molecule has 1 aromatic carbocycles. The summed E-state index contributed by atoms with van der Waals surface area (Å²) in [4.78, 5) is 2.34. The van der Waals surface area contributed by atoms with Gasteiger partial charge in [-0.15, -0.1) is 0 Å². The molecule has 0 saturated carbocycles. The molecule has 16 heavy (non-hydrogen) atoms. The van der Waals surface area contributed by atoms with Gasteiger partial charge < -0.3 is 10.2 Å². The van der Waals surface area contributed by atoms with Crippen molar-refractivity contribution in [3.63, 3.8) is 0 Å². The lowest BCUT2D eigenvalue weighted by atomic mass is 10.1. The second kappa shape index (κ2) is 4.76. The summed E-state index contributed by atoms with van der Waals surface area (Å²) in [7, 11) is 0. The number of hydrogen-bond donors (Lipinski definition) is 1. The second-order valence-corrected chi connectivity index (χ2v) is 4.85. The van der Waals surface area contributed by atoms with E-state index < -0.39 is 0 Å². The Bertz CT molecular complexity index is 476. The molecule has 2 nitrogen and oxygen atoms in total. The lowest BCUT2D eigenvalue weighted by molar-refractivity contribution is 0.527. The first-order valence-electron chi connectivity index (χ1n) is 5.25. The SMILES string of the molecule is Cc1occc1Sc1ccccc1C(C)N. The molecule has 1 aromatic heterocycles. The van der Waals surface area contributed by atoms with Gasteiger partial charge in [-0.1, -0.05) is 30.0 Å². The quantitative estimate of drug-likeness (QED) is 0.877. The third-order valence-electron chi connectivity index (χ3n) is 2.44. The standard InChI is InChI=1S/C13H15NOS/c1-9(14)11-5-3-4-6-13(11)16-12-7-8-15-10(12)2/h3-9H,14H2,1-2H3. The van der Waals surface area contributed by atoms with Crippen molar-refractivity contribution in [1.29, 1.82) is 0 Å². The van der Waals surface area contributed by atoms with Gasteiger partial charge in [0.1, 0.15) is 5.76 Å². The van der Waals surface area contributed by atoms with Gasteiger partial charge in [0, 0.05) is 10.9 Å². The maximum atomic E-state index is 5.94. The van der Waals surface area contributed by atoms with Crippen molar-refractivity contribution in [1.82, 2.24) is 0 Å². The zero-order valence-electron chi connectivity index (χ0n) is 9.44. The van der Waals surface area contributed by atoms with Gasteiger partial charge in [0.25, 0.3) is 0 Å². The Morgan fingerprint density at radius 3 is 2.56 bits per heavy atom. The van der Waals surface area contributed by atoms with Crippen LogP contribution in [0.1, 0.15) is 24.3 Å². The van der Waals surface area contributed by atoms with Crippen LogP contribution in [0.25, 0.3) is 0 Å². The molecule has 1 heterocycles. The molecule has 1 unspecified atom stereocenters. The molecule has 0 bridgehead atoms. The number of rotatable bonds is 3. The van der Waals surface area contributed by atoms with Crippen LogP contribution in [0.15, 0.2) is 50.8 Å². The monoisotopic (exact) mass is 233 g/mol. The van der Waals surface area contributed by atoms with E-state index in [1.807, 2.05) is 32.0 Å². The number of nitrogens with two attached hydrogens (primary N) is 1. The topological polar surface area (TPSA) is 39.2 Å². The maximum Gasteiger partial charge on any atom is 0.114 e. The van der Waals surface area contributed by atoms with Crippen molar-refractivity contribution < 1.29 is 4.42 Å². The van der Waals surface area contributed by atoms with Crippen LogP contribution in [0, 0.1) is 6.92 Å². The van der Waals surface area contributed by atoms with E-state index in [9.17, 15) is 0 Å². The van der Waals surface area contributed by atoms with Crippen LogP contribution in [0.2, 0.25) is 0 Å². The molecule has 3 heteroatoms. The molecule has 1 atom stereocenters. The summed E-state index contributed by atoms with van der Waals surface area (Å²) in [5.41, 5.74) is 7.12. The molecule has 2 rings (SSSR count). The molecule has 0 spiro atoms. The van der Waals surface area contributed by atoms with E-state index in [2.05, 4.69) is 12.1 Å². The van der Waals surface area contributed by atoms with Crippen molar-refractivity contribution >= 4 is 11.8 Å². The molecule has 0 radical (unpaired) electrons. The Morgan fingerprint density at radius 2 is 1.94 bits per heavy atom. The van der Waals surface area contributed by atoms with Gasteiger partial charge in [-0.3, -0.25) is 0 Å². The lowest BCUT2D eigenvalue weighted by Gasteiger charge is -2.11. The summed E-state index contributed by atoms with van der Waals surface area (Å²) in [5, 5.41) is 0. The second-order valence-electron chi connectivity index (χ2n) is 3.77. The van der Waals surface area contributed by atoms with Crippen molar-refractivity contribution in [2.45, 2.75) is 29.7 Å². The highest BCUT2D eigenvalue weighted by atomic mass is 32.2. The molecule has 2 aromatic rings. The lowest BCUT2D eigenvalue weighted by Crippen LogP contribution is -2.05. The summed E-state index contributed by atoms with van der Waals surface area (Å²) >= 11 is 1.70. The molecule has 0 aliphatic rings. The summed E-state index contributed by atoms with van der Waals surface area (Å²) in [6.07, 6.45) is 1.71. The zero-order chi connectivity index (χ0) is 11.5.